The summed E-state index contributed by atoms with van der Waals surface area (Å²) in [7, 11) is 0. The highest BCUT2D eigenvalue weighted by atomic mass is 16.4. The fourth-order valence-electron chi connectivity index (χ4n) is 3.90. The van der Waals surface area contributed by atoms with Crippen molar-refractivity contribution in [1.82, 2.24) is 9.55 Å². The van der Waals surface area contributed by atoms with E-state index in [1.807, 2.05) is 24.3 Å². The molecule has 0 unspecified atom stereocenters. The van der Waals surface area contributed by atoms with Crippen LogP contribution in [0.5, 0.6) is 0 Å². The molecule has 0 bridgehead atoms. The van der Waals surface area contributed by atoms with Crippen LogP contribution in [-0.4, -0.2) is 9.55 Å². The normalized spacial score (nSPS) is 11.8. The minimum absolute atomic E-state index is 0.604. The molecule has 122 valence electrons. The smallest absolute Gasteiger partial charge is 0.307 e. The first-order valence-corrected chi connectivity index (χ1v) is 8.67. The number of hydrogen-bond acceptors (Lipinski definition) is 2. The standard InChI is InChI=1S/C23H14N2O/c1-2-8-16-15(7-1)13-14-20-22(16)17-9-3-5-11-19(17)25(20)23-24-18-10-4-6-12-21(18)26-23/h1-14H. The van der Waals surface area contributed by atoms with Crippen LogP contribution in [0.2, 0.25) is 0 Å². The Balaban J connectivity index is 1.84. The Kier molecular flexibility index (Phi) is 2.61. The van der Waals surface area contributed by atoms with Crippen molar-refractivity contribution >= 4 is 43.7 Å². The zero-order valence-corrected chi connectivity index (χ0v) is 13.9. The van der Waals surface area contributed by atoms with E-state index in [0.717, 1.165) is 22.1 Å². The molecule has 26 heavy (non-hydrogen) atoms. The third-order valence-corrected chi connectivity index (χ3v) is 5.04. The average molecular weight is 334 g/mol. The van der Waals surface area contributed by atoms with Crippen LogP contribution in [-0.2, 0) is 0 Å². The van der Waals surface area contributed by atoms with E-state index in [1.165, 1.54) is 21.5 Å². The molecule has 0 radical (unpaired) electrons. The van der Waals surface area contributed by atoms with Gasteiger partial charge in [0.1, 0.15) is 5.52 Å². The second kappa shape index (κ2) is 4.96. The third-order valence-electron chi connectivity index (χ3n) is 5.04. The predicted octanol–water partition coefficient (Wildman–Crippen LogP) is 6.08. The van der Waals surface area contributed by atoms with E-state index in [9.17, 15) is 0 Å². The van der Waals surface area contributed by atoms with Gasteiger partial charge in [0, 0.05) is 10.8 Å². The molecule has 0 spiro atoms. The van der Waals surface area contributed by atoms with Gasteiger partial charge in [0.25, 0.3) is 0 Å². The monoisotopic (exact) mass is 334 g/mol. The van der Waals surface area contributed by atoms with E-state index < -0.39 is 0 Å². The molecule has 2 aromatic heterocycles. The van der Waals surface area contributed by atoms with Crippen LogP contribution in [0.3, 0.4) is 0 Å². The second-order valence-electron chi connectivity index (χ2n) is 6.50. The largest absolute Gasteiger partial charge is 0.423 e. The Morgan fingerprint density at radius 3 is 2.35 bits per heavy atom. The Morgan fingerprint density at radius 1 is 0.654 bits per heavy atom. The van der Waals surface area contributed by atoms with Crippen LogP contribution in [0.25, 0.3) is 49.7 Å². The molecule has 6 rings (SSSR count). The Labute approximate surface area is 149 Å². The summed E-state index contributed by atoms with van der Waals surface area (Å²) in [6, 6.07) is 29.7. The van der Waals surface area contributed by atoms with Crippen molar-refractivity contribution in [2.75, 3.05) is 0 Å². The van der Waals surface area contributed by atoms with Crippen LogP contribution in [0, 0.1) is 0 Å². The molecular weight excluding hydrogens is 320 g/mol. The zero-order chi connectivity index (χ0) is 17.1. The molecule has 0 aliphatic rings. The van der Waals surface area contributed by atoms with Crippen molar-refractivity contribution in [1.29, 1.82) is 0 Å². The number of aromatic nitrogens is 2. The fourth-order valence-corrected chi connectivity index (χ4v) is 3.90. The van der Waals surface area contributed by atoms with Crippen LogP contribution in [0.1, 0.15) is 0 Å². The average Bonchev–Trinajstić information content (AvgIpc) is 3.26. The summed E-state index contributed by atoms with van der Waals surface area (Å²) in [5.74, 6) is 0. The highest BCUT2D eigenvalue weighted by Crippen LogP contribution is 2.36. The Hall–Kier alpha value is -3.59. The van der Waals surface area contributed by atoms with Gasteiger partial charge in [-0.2, -0.15) is 4.98 Å². The third kappa shape index (κ3) is 1.74. The minimum atomic E-state index is 0.604. The molecule has 3 nitrogen and oxygen atoms in total. The summed E-state index contributed by atoms with van der Waals surface area (Å²) in [5, 5.41) is 4.93. The summed E-state index contributed by atoms with van der Waals surface area (Å²) in [5.41, 5.74) is 3.88. The van der Waals surface area contributed by atoms with E-state index in [0.29, 0.717) is 6.01 Å². The van der Waals surface area contributed by atoms with E-state index >= 15 is 0 Å². The SMILES string of the molecule is c1ccc2c(c1)ccc1c2c2ccccc2n1-c1nc2ccccc2o1. The molecule has 0 amide bonds. The maximum atomic E-state index is 6.09. The molecular formula is C23H14N2O. The second-order valence-corrected chi connectivity index (χ2v) is 6.50. The fraction of sp³-hybridized carbons (Fsp3) is 0. The number of benzene rings is 4. The van der Waals surface area contributed by atoms with Gasteiger partial charge in [-0.25, -0.2) is 0 Å². The number of hydrogen-bond donors (Lipinski definition) is 0. The molecule has 3 heteroatoms. The molecule has 0 aliphatic carbocycles. The highest BCUT2D eigenvalue weighted by Gasteiger charge is 2.17. The van der Waals surface area contributed by atoms with Gasteiger partial charge in [-0.1, -0.05) is 60.7 Å². The lowest BCUT2D eigenvalue weighted by molar-refractivity contribution is 0.574. The summed E-state index contributed by atoms with van der Waals surface area (Å²) in [4.78, 5) is 4.73. The number of rotatable bonds is 1. The maximum absolute atomic E-state index is 6.09. The van der Waals surface area contributed by atoms with Gasteiger partial charge in [0.15, 0.2) is 5.58 Å². The van der Waals surface area contributed by atoms with E-state index in [-0.39, 0.29) is 0 Å². The van der Waals surface area contributed by atoms with Gasteiger partial charge in [0.2, 0.25) is 0 Å². The molecule has 0 aliphatic heterocycles. The molecule has 0 saturated carbocycles. The molecule has 2 heterocycles. The summed E-state index contributed by atoms with van der Waals surface area (Å²) in [6.45, 7) is 0. The van der Waals surface area contributed by atoms with Crippen LogP contribution in [0.4, 0.5) is 0 Å². The first-order chi connectivity index (χ1) is 12.9. The van der Waals surface area contributed by atoms with Crippen molar-refractivity contribution in [3.63, 3.8) is 0 Å². The molecule has 0 saturated heterocycles. The first kappa shape index (κ1) is 13.7. The van der Waals surface area contributed by atoms with Crippen LogP contribution in [0.15, 0.2) is 89.3 Å². The lowest BCUT2D eigenvalue weighted by atomic mass is 10.0. The van der Waals surface area contributed by atoms with E-state index in [1.54, 1.807) is 0 Å². The topological polar surface area (TPSA) is 31.0 Å². The summed E-state index contributed by atoms with van der Waals surface area (Å²) in [6.07, 6.45) is 0. The van der Waals surface area contributed by atoms with Crippen molar-refractivity contribution < 1.29 is 4.42 Å². The summed E-state index contributed by atoms with van der Waals surface area (Å²) >= 11 is 0. The van der Waals surface area contributed by atoms with Gasteiger partial charge >= 0.3 is 6.01 Å². The zero-order valence-electron chi connectivity index (χ0n) is 13.9. The lowest BCUT2D eigenvalue weighted by Gasteiger charge is -2.03. The number of nitrogens with zero attached hydrogens (tertiary/aromatic N) is 2. The number of oxazole rings is 1. The highest BCUT2D eigenvalue weighted by molar-refractivity contribution is 6.21. The minimum Gasteiger partial charge on any atom is -0.423 e. The van der Waals surface area contributed by atoms with Gasteiger partial charge in [-0.3, -0.25) is 4.57 Å². The van der Waals surface area contributed by atoms with Crippen molar-refractivity contribution in [2.45, 2.75) is 0 Å². The quantitative estimate of drug-likeness (QED) is 0.365. The Morgan fingerprint density at radius 2 is 1.42 bits per heavy atom. The van der Waals surface area contributed by atoms with Gasteiger partial charge in [-0.05, 0) is 35.0 Å². The lowest BCUT2D eigenvalue weighted by Crippen LogP contribution is -1.93. The van der Waals surface area contributed by atoms with Gasteiger partial charge in [0.05, 0.1) is 11.0 Å². The van der Waals surface area contributed by atoms with Gasteiger partial charge in [-0.15, -0.1) is 0 Å². The molecule has 0 fully saturated rings. The van der Waals surface area contributed by atoms with Crippen LogP contribution < -0.4 is 0 Å². The summed E-state index contributed by atoms with van der Waals surface area (Å²) < 4.78 is 8.21. The van der Waals surface area contributed by atoms with E-state index in [2.05, 4.69) is 65.2 Å². The Bertz CT molecular complexity index is 1410. The molecule has 4 aromatic carbocycles. The van der Waals surface area contributed by atoms with Gasteiger partial charge < -0.3 is 4.42 Å². The van der Waals surface area contributed by atoms with E-state index in [4.69, 9.17) is 9.40 Å². The van der Waals surface area contributed by atoms with Crippen LogP contribution >= 0.6 is 0 Å². The van der Waals surface area contributed by atoms with Crippen molar-refractivity contribution in [3.05, 3.63) is 84.9 Å². The van der Waals surface area contributed by atoms with Crippen molar-refractivity contribution in [3.8, 4) is 6.01 Å². The number of fused-ring (bicyclic) bond motifs is 6. The number of para-hydroxylation sites is 3. The first-order valence-electron chi connectivity index (χ1n) is 8.67. The van der Waals surface area contributed by atoms with Crippen molar-refractivity contribution in [2.24, 2.45) is 0 Å². The molecule has 0 N–H and O–H groups in total. The molecule has 6 aromatic rings. The predicted molar refractivity (Wildman–Crippen MR) is 106 cm³/mol. The maximum Gasteiger partial charge on any atom is 0.307 e. The molecule has 0 atom stereocenters.